The number of nitrogens with one attached hydrogen (secondary N) is 1. The fourth-order valence-electron chi connectivity index (χ4n) is 4.13. The molecule has 2 aliphatic heterocycles. The number of thioether (sulfide) groups is 1. The van der Waals surface area contributed by atoms with Crippen molar-refractivity contribution in [2.45, 2.75) is 52.1 Å². The number of nitrogens with zero attached hydrogens (tertiary/aromatic N) is 3. The van der Waals surface area contributed by atoms with Gasteiger partial charge in [-0.1, -0.05) is 30.3 Å². The van der Waals surface area contributed by atoms with Crippen LogP contribution in [0.2, 0.25) is 0 Å². The van der Waals surface area contributed by atoms with Gasteiger partial charge in [0, 0.05) is 19.4 Å². The highest BCUT2D eigenvalue weighted by molar-refractivity contribution is 8.15. The third kappa shape index (κ3) is 3.97. The number of benzene rings is 2. The largest absolute Gasteiger partial charge is 0.491 e. The first-order valence-corrected chi connectivity index (χ1v) is 11.5. The van der Waals surface area contributed by atoms with Crippen molar-refractivity contribution in [3.05, 3.63) is 59.2 Å². The minimum Gasteiger partial charge on any atom is -0.491 e. The van der Waals surface area contributed by atoms with E-state index in [1.807, 2.05) is 63.2 Å². The number of ether oxygens (including phenoxy) is 1. The molecule has 2 heterocycles. The first-order chi connectivity index (χ1) is 15.6. The van der Waals surface area contributed by atoms with E-state index in [4.69, 9.17) is 4.74 Å². The molecule has 8 nitrogen and oxygen atoms in total. The maximum Gasteiger partial charge on any atom is 0.271 e. The van der Waals surface area contributed by atoms with Crippen LogP contribution in [0.15, 0.2) is 47.6 Å². The van der Waals surface area contributed by atoms with E-state index in [-0.39, 0.29) is 29.0 Å². The van der Waals surface area contributed by atoms with Crippen LogP contribution in [0.4, 0.5) is 5.69 Å². The van der Waals surface area contributed by atoms with Gasteiger partial charge in [-0.15, -0.1) is 5.10 Å². The van der Waals surface area contributed by atoms with E-state index in [9.17, 15) is 14.4 Å². The van der Waals surface area contributed by atoms with Crippen molar-refractivity contribution in [2.24, 2.45) is 5.10 Å². The summed E-state index contributed by atoms with van der Waals surface area (Å²) in [5, 5.41) is 8.32. The topological polar surface area (TPSA) is 91.3 Å². The smallest absolute Gasteiger partial charge is 0.271 e. The highest BCUT2D eigenvalue weighted by Crippen LogP contribution is 2.55. The second-order valence-electron chi connectivity index (χ2n) is 8.34. The summed E-state index contributed by atoms with van der Waals surface area (Å²) in [6.07, 6.45) is 0.0696. The lowest BCUT2D eigenvalue weighted by Crippen LogP contribution is -2.48. The summed E-state index contributed by atoms with van der Waals surface area (Å²) in [6.45, 7) is 8.91. The van der Waals surface area contributed by atoms with Crippen molar-refractivity contribution < 1.29 is 19.1 Å². The molecule has 1 atom stereocenters. The molecule has 4 rings (SSSR count). The van der Waals surface area contributed by atoms with Crippen LogP contribution < -0.4 is 15.0 Å². The Balaban J connectivity index is 1.74. The molecule has 1 spiro atoms. The first-order valence-electron chi connectivity index (χ1n) is 10.7. The number of amides is 3. The molecular formula is C24H26N4O4S. The van der Waals surface area contributed by atoms with Crippen LogP contribution in [-0.2, 0) is 25.8 Å². The molecule has 0 unspecified atom stereocenters. The first kappa shape index (κ1) is 22.8. The SMILES string of the molecule is CC(=O)NC1=NN(C(C)=O)[C@@]2(S1)C(=O)N(Cc1ccc(OC(C)C)cc1)c1c(C)cccc12. The quantitative estimate of drug-likeness (QED) is 0.745. The van der Waals surface area contributed by atoms with Crippen molar-refractivity contribution in [1.29, 1.82) is 0 Å². The fourth-order valence-corrected chi connectivity index (χ4v) is 5.46. The van der Waals surface area contributed by atoms with E-state index >= 15 is 0 Å². The summed E-state index contributed by atoms with van der Waals surface area (Å²) in [4.78, 5) is 38.5. The predicted molar refractivity (Wildman–Crippen MR) is 128 cm³/mol. The molecule has 172 valence electrons. The van der Waals surface area contributed by atoms with Crippen molar-refractivity contribution >= 4 is 40.3 Å². The average Bonchev–Trinajstić information content (AvgIpc) is 3.22. The molecule has 2 aliphatic rings. The Morgan fingerprint density at radius 2 is 1.85 bits per heavy atom. The number of fused-ring (bicyclic) bond motifs is 2. The van der Waals surface area contributed by atoms with Crippen LogP contribution >= 0.6 is 11.8 Å². The third-order valence-electron chi connectivity index (χ3n) is 5.36. The standard InChI is InChI=1S/C24H26N4O4S/c1-14(2)32-19-11-9-18(10-12-19)13-27-21-15(3)7-6-8-20(21)24(22(27)31)28(17(5)30)26-23(33-24)25-16(4)29/h6-12,14H,13H2,1-5H3,(H,25,26,29)/t24-/m0/s1. The number of para-hydroxylation sites is 1. The molecule has 0 aromatic heterocycles. The molecule has 1 N–H and O–H groups in total. The van der Waals surface area contributed by atoms with Gasteiger partial charge in [-0.25, -0.2) is 0 Å². The number of carbonyl (C=O) groups is 3. The van der Waals surface area contributed by atoms with Gasteiger partial charge in [0.25, 0.3) is 5.91 Å². The zero-order chi connectivity index (χ0) is 23.9. The number of hydrazone groups is 1. The Labute approximate surface area is 197 Å². The van der Waals surface area contributed by atoms with Crippen LogP contribution in [0.3, 0.4) is 0 Å². The highest BCUT2D eigenvalue weighted by atomic mass is 32.2. The number of rotatable bonds is 4. The number of anilines is 1. The summed E-state index contributed by atoms with van der Waals surface area (Å²) in [5.74, 6) is -0.228. The lowest BCUT2D eigenvalue weighted by Gasteiger charge is -2.29. The van der Waals surface area contributed by atoms with Gasteiger partial charge >= 0.3 is 0 Å². The lowest BCUT2D eigenvalue weighted by atomic mass is 10.0. The molecule has 0 bridgehead atoms. The maximum atomic E-state index is 14.0. The second-order valence-corrected chi connectivity index (χ2v) is 9.52. The summed E-state index contributed by atoms with van der Waals surface area (Å²) in [5.41, 5.74) is 3.26. The number of aryl methyl sites for hydroxylation is 1. The van der Waals surface area contributed by atoms with E-state index in [0.29, 0.717) is 12.1 Å². The fraction of sp³-hybridized carbons (Fsp3) is 0.333. The van der Waals surface area contributed by atoms with E-state index in [0.717, 1.165) is 34.3 Å². The normalized spacial score (nSPS) is 19.2. The average molecular weight is 467 g/mol. The summed E-state index contributed by atoms with van der Waals surface area (Å²) < 4.78 is 5.72. The van der Waals surface area contributed by atoms with Gasteiger partial charge in [0.2, 0.25) is 16.7 Å². The summed E-state index contributed by atoms with van der Waals surface area (Å²) >= 11 is 1.08. The van der Waals surface area contributed by atoms with E-state index in [1.165, 1.54) is 18.9 Å². The zero-order valence-electron chi connectivity index (χ0n) is 19.2. The molecule has 0 saturated heterocycles. The molecule has 0 saturated carbocycles. The van der Waals surface area contributed by atoms with Crippen molar-refractivity contribution in [3.63, 3.8) is 0 Å². The van der Waals surface area contributed by atoms with Gasteiger partial charge in [-0.2, -0.15) is 5.01 Å². The summed E-state index contributed by atoms with van der Waals surface area (Å²) in [6, 6.07) is 13.3. The van der Waals surface area contributed by atoms with Gasteiger partial charge in [0.15, 0.2) is 5.17 Å². The second kappa shape index (κ2) is 8.55. The number of amidine groups is 1. The van der Waals surface area contributed by atoms with Gasteiger partial charge in [0.1, 0.15) is 5.75 Å². The molecule has 0 fully saturated rings. The van der Waals surface area contributed by atoms with Gasteiger partial charge in [0.05, 0.1) is 18.3 Å². The van der Waals surface area contributed by atoms with Crippen molar-refractivity contribution in [2.75, 3.05) is 4.90 Å². The zero-order valence-corrected chi connectivity index (χ0v) is 20.0. The number of hydrogen-bond donors (Lipinski definition) is 1. The van der Waals surface area contributed by atoms with Gasteiger partial charge in [-0.3, -0.25) is 14.4 Å². The molecule has 2 aromatic rings. The monoisotopic (exact) mass is 466 g/mol. The number of hydrogen-bond acceptors (Lipinski definition) is 6. The Morgan fingerprint density at radius 3 is 2.45 bits per heavy atom. The minimum absolute atomic E-state index is 0.0696. The molecule has 33 heavy (non-hydrogen) atoms. The highest BCUT2D eigenvalue weighted by Gasteiger charge is 2.61. The lowest BCUT2D eigenvalue weighted by molar-refractivity contribution is -0.139. The van der Waals surface area contributed by atoms with Crippen molar-refractivity contribution in [3.8, 4) is 5.75 Å². The predicted octanol–water partition coefficient (Wildman–Crippen LogP) is 3.48. The van der Waals surface area contributed by atoms with Gasteiger partial charge in [-0.05, 0) is 55.8 Å². The van der Waals surface area contributed by atoms with E-state index in [1.54, 1.807) is 4.90 Å². The van der Waals surface area contributed by atoms with Crippen LogP contribution in [0.5, 0.6) is 5.75 Å². The molecule has 3 amide bonds. The molecule has 0 radical (unpaired) electrons. The molecular weight excluding hydrogens is 440 g/mol. The van der Waals surface area contributed by atoms with Crippen LogP contribution in [-0.4, -0.2) is 34.0 Å². The van der Waals surface area contributed by atoms with E-state index < -0.39 is 4.87 Å². The molecule has 9 heteroatoms. The molecule has 2 aromatic carbocycles. The van der Waals surface area contributed by atoms with Crippen LogP contribution in [0, 0.1) is 6.92 Å². The Morgan fingerprint density at radius 1 is 1.15 bits per heavy atom. The number of carbonyl (C=O) groups excluding carboxylic acids is 3. The maximum absolute atomic E-state index is 14.0. The van der Waals surface area contributed by atoms with E-state index in [2.05, 4.69) is 10.4 Å². The van der Waals surface area contributed by atoms with Crippen LogP contribution in [0.25, 0.3) is 0 Å². The Kier molecular flexibility index (Phi) is 5.92. The Hall–Kier alpha value is -3.33. The van der Waals surface area contributed by atoms with Crippen molar-refractivity contribution in [1.82, 2.24) is 10.3 Å². The Bertz CT molecular complexity index is 1160. The third-order valence-corrected chi connectivity index (χ3v) is 6.60. The minimum atomic E-state index is -1.40. The molecule has 0 aliphatic carbocycles. The van der Waals surface area contributed by atoms with Crippen LogP contribution in [0.1, 0.15) is 44.4 Å². The summed E-state index contributed by atoms with van der Waals surface area (Å²) in [7, 11) is 0. The van der Waals surface area contributed by atoms with Gasteiger partial charge < -0.3 is 15.0 Å².